The molecular weight excluding hydrogens is 346 g/mol. The van der Waals surface area contributed by atoms with Gasteiger partial charge in [0.25, 0.3) is 11.6 Å². The Morgan fingerprint density at radius 3 is 2.78 bits per heavy atom. The summed E-state index contributed by atoms with van der Waals surface area (Å²) in [6.45, 7) is 5.91. The van der Waals surface area contributed by atoms with Crippen molar-refractivity contribution in [2.45, 2.75) is 33.2 Å². The number of furan rings is 1. The summed E-state index contributed by atoms with van der Waals surface area (Å²) in [4.78, 5) is 27.5. The van der Waals surface area contributed by atoms with Crippen LogP contribution >= 0.6 is 0 Å². The Kier molecular flexibility index (Phi) is 5.48. The Morgan fingerprint density at radius 2 is 2.15 bits per heavy atom. The average molecular weight is 371 g/mol. The minimum absolute atomic E-state index is 0.0165. The van der Waals surface area contributed by atoms with Gasteiger partial charge in [-0.1, -0.05) is 6.92 Å². The summed E-state index contributed by atoms with van der Waals surface area (Å²) in [5.74, 6) is 1.69. The molecule has 2 heterocycles. The molecule has 0 bridgehead atoms. The Balaban J connectivity index is 1.82. The third kappa shape index (κ3) is 4.30. The van der Waals surface area contributed by atoms with Gasteiger partial charge < -0.3 is 14.2 Å². The predicted octanol–water partition coefficient (Wildman–Crippen LogP) is 4.00. The molecule has 1 aliphatic rings. The van der Waals surface area contributed by atoms with Crippen LogP contribution in [0.1, 0.15) is 41.6 Å². The highest BCUT2D eigenvalue weighted by molar-refractivity contribution is 5.95. The van der Waals surface area contributed by atoms with Crippen LogP contribution in [0.4, 0.5) is 11.4 Å². The zero-order chi connectivity index (χ0) is 19.6. The minimum Gasteiger partial charge on any atom is -0.464 e. The fourth-order valence-electron chi connectivity index (χ4n) is 3.57. The van der Waals surface area contributed by atoms with Crippen molar-refractivity contribution >= 4 is 17.3 Å². The van der Waals surface area contributed by atoms with E-state index in [2.05, 4.69) is 11.8 Å². The second kappa shape index (κ2) is 7.82. The number of hydrogen-bond donors (Lipinski definition) is 0. The molecule has 0 aliphatic carbocycles. The molecule has 1 aliphatic heterocycles. The first-order valence-corrected chi connectivity index (χ1v) is 9.19. The molecule has 0 N–H and O–H groups in total. The molecule has 7 nitrogen and oxygen atoms in total. The van der Waals surface area contributed by atoms with Crippen molar-refractivity contribution in [3.63, 3.8) is 0 Å². The second-order valence-corrected chi connectivity index (χ2v) is 7.33. The molecular formula is C20H25N3O4. The van der Waals surface area contributed by atoms with Gasteiger partial charge in [0, 0.05) is 31.8 Å². The van der Waals surface area contributed by atoms with Crippen LogP contribution < -0.4 is 4.90 Å². The number of piperidine rings is 1. The minimum atomic E-state index is -0.402. The normalized spacial score (nSPS) is 17.0. The van der Waals surface area contributed by atoms with E-state index < -0.39 is 4.92 Å². The van der Waals surface area contributed by atoms with Crippen molar-refractivity contribution in [3.8, 4) is 0 Å². The van der Waals surface area contributed by atoms with Gasteiger partial charge in [-0.3, -0.25) is 14.9 Å². The van der Waals surface area contributed by atoms with Crippen molar-refractivity contribution in [1.82, 2.24) is 4.90 Å². The van der Waals surface area contributed by atoms with E-state index in [1.807, 2.05) is 19.1 Å². The van der Waals surface area contributed by atoms with E-state index in [0.29, 0.717) is 29.5 Å². The number of nitrogens with zero attached hydrogens (tertiary/aromatic N) is 3. The van der Waals surface area contributed by atoms with Gasteiger partial charge in [0.05, 0.1) is 11.5 Å². The first kappa shape index (κ1) is 18.9. The Labute approximate surface area is 158 Å². The van der Waals surface area contributed by atoms with Crippen LogP contribution in [0.15, 0.2) is 34.7 Å². The van der Waals surface area contributed by atoms with Crippen LogP contribution in [-0.4, -0.2) is 35.9 Å². The molecule has 7 heteroatoms. The van der Waals surface area contributed by atoms with Gasteiger partial charge in [-0.05, 0) is 49.9 Å². The van der Waals surface area contributed by atoms with Crippen LogP contribution in [0.3, 0.4) is 0 Å². The van der Waals surface area contributed by atoms with Gasteiger partial charge in [-0.15, -0.1) is 0 Å². The van der Waals surface area contributed by atoms with Crippen LogP contribution in [0.5, 0.6) is 0 Å². The van der Waals surface area contributed by atoms with Crippen LogP contribution in [-0.2, 0) is 6.54 Å². The van der Waals surface area contributed by atoms with Crippen molar-refractivity contribution in [2.75, 3.05) is 25.0 Å². The van der Waals surface area contributed by atoms with Crippen LogP contribution in [0.2, 0.25) is 0 Å². The highest BCUT2D eigenvalue weighted by Gasteiger charge is 2.26. The first-order valence-electron chi connectivity index (χ1n) is 9.19. The molecule has 1 saturated heterocycles. The summed E-state index contributed by atoms with van der Waals surface area (Å²) in [6, 6.07) is 8.43. The van der Waals surface area contributed by atoms with Crippen LogP contribution in [0.25, 0.3) is 0 Å². The first-order chi connectivity index (χ1) is 12.8. The molecule has 144 valence electrons. The molecule has 1 amide bonds. The molecule has 0 saturated carbocycles. The third-order valence-corrected chi connectivity index (χ3v) is 4.95. The zero-order valence-electron chi connectivity index (χ0n) is 16.0. The van der Waals surface area contributed by atoms with Gasteiger partial charge in [0.1, 0.15) is 17.2 Å². The van der Waals surface area contributed by atoms with Gasteiger partial charge in [0.2, 0.25) is 0 Å². The van der Waals surface area contributed by atoms with E-state index in [1.165, 1.54) is 11.0 Å². The summed E-state index contributed by atoms with van der Waals surface area (Å²) >= 11 is 0. The van der Waals surface area contributed by atoms with E-state index in [-0.39, 0.29) is 11.6 Å². The standard InChI is InChI=1S/C20H25N3O4/c1-14-5-4-10-22(12-14)18-9-7-16(11-19(18)23(25)26)20(24)21(3)13-17-8-6-15(2)27-17/h6-9,11,14H,4-5,10,12-13H2,1-3H3. The summed E-state index contributed by atoms with van der Waals surface area (Å²) in [5.41, 5.74) is 0.880. The number of benzene rings is 1. The smallest absolute Gasteiger partial charge is 0.293 e. The SMILES string of the molecule is Cc1ccc(CN(C)C(=O)c2ccc(N3CCCC(C)C3)c([N+](=O)[O-])c2)o1. The topological polar surface area (TPSA) is 79.8 Å². The molecule has 1 aromatic heterocycles. The zero-order valence-corrected chi connectivity index (χ0v) is 16.0. The number of carbonyl (C=O) groups excluding carboxylic acids is 1. The third-order valence-electron chi connectivity index (χ3n) is 4.95. The number of aryl methyl sites for hydroxylation is 1. The molecule has 0 spiro atoms. The number of anilines is 1. The number of amides is 1. The Bertz CT molecular complexity index is 846. The van der Waals surface area contributed by atoms with E-state index >= 15 is 0 Å². The number of carbonyl (C=O) groups is 1. The van der Waals surface area contributed by atoms with E-state index in [9.17, 15) is 14.9 Å². The molecule has 0 radical (unpaired) electrons. The monoisotopic (exact) mass is 371 g/mol. The lowest BCUT2D eigenvalue weighted by Gasteiger charge is -2.32. The molecule has 1 fully saturated rings. The lowest BCUT2D eigenvalue weighted by atomic mass is 9.99. The number of nitro benzene ring substituents is 1. The molecule has 3 rings (SSSR count). The predicted molar refractivity (Wildman–Crippen MR) is 103 cm³/mol. The van der Waals surface area contributed by atoms with Gasteiger partial charge in [-0.2, -0.15) is 0 Å². The molecule has 1 aromatic carbocycles. The Hall–Kier alpha value is -2.83. The van der Waals surface area contributed by atoms with E-state index in [4.69, 9.17) is 4.42 Å². The van der Waals surface area contributed by atoms with E-state index in [0.717, 1.165) is 31.7 Å². The lowest BCUT2D eigenvalue weighted by molar-refractivity contribution is -0.384. The molecule has 1 unspecified atom stereocenters. The maximum Gasteiger partial charge on any atom is 0.293 e. The van der Waals surface area contributed by atoms with Crippen molar-refractivity contribution in [1.29, 1.82) is 0 Å². The lowest BCUT2D eigenvalue weighted by Crippen LogP contribution is -2.34. The van der Waals surface area contributed by atoms with Gasteiger partial charge in [-0.25, -0.2) is 0 Å². The molecule has 2 aromatic rings. The van der Waals surface area contributed by atoms with Crippen molar-refractivity contribution < 1.29 is 14.1 Å². The maximum absolute atomic E-state index is 12.7. The number of rotatable bonds is 5. The number of hydrogen-bond acceptors (Lipinski definition) is 5. The summed E-state index contributed by atoms with van der Waals surface area (Å²) in [6.07, 6.45) is 2.15. The maximum atomic E-state index is 12.7. The number of nitro groups is 1. The fourth-order valence-corrected chi connectivity index (χ4v) is 3.57. The van der Waals surface area contributed by atoms with Crippen molar-refractivity contribution in [3.05, 3.63) is 57.5 Å². The van der Waals surface area contributed by atoms with Crippen molar-refractivity contribution in [2.24, 2.45) is 5.92 Å². The van der Waals surface area contributed by atoms with Gasteiger partial charge in [0.15, 0.2) is 0 Å². The fraction of sp³-hybridized carbons (Fsp3) is 0.450. The largest absolute Gasteiger partial charge is 0.464 e. The highest BCUT2D eigenvalue weighted by atomic mass is 16.6. The average Bonchev–Trinajstić information content (AvgIpc) is 3.05. The molecule has 27 heavy (non-hydrogen) atoms. The quantitative estimate of drug-likeness (QED) is 0.586. The van der Waals surface area contributed by atoms with Gasteiger partial charge >= 0.3 is 0 Å². The summed E-state index contributed by atoms with van der Waals surface area (Å²) in [7, 11) is 1.66. The summed E-state index contributed by atoms with van der Waals surface area (Å²) < 4.78 is 5.50. The van der Waals surface area contributed by atoms with E-state index in [1.54, 1.807) is 19.2 Å². The summed E-state index contributed by atoms with van der Waals surface area (Å²) in [5, 5.41) is 11.6. The van der Waals surface area contributed by atoms with Crippen LogP contribution in [0, 0.1) is 23.0 Å². The Morgan fingerprint density at radius 1 is 1.37 bits per heavy atom. The highest BCUT2D eigenvalue weighted by Crippen LogP contribution is 2.32. The second-order valence-electron chi connectivity index (χ2n) is 7.33. The molecule has 1 atom stereocenters.